The summed E-state index contributed by atoms with van der Waals surface area (Å²) in [7, 11) is 2.75. The molecule has 86 valence electrons. The average Bonchev–Trinajstić information content (AvgIpc) is 2.34. The van der Waals surface area contributed by atoms with Gasteiger partial charge in [-0.2, -0.15) is 0 Å². The van der Waals surface area contributed by atoms with Crippen molar-refractivity contribution in [2.75, 3.05) is 21.0 Å². The summed E-state index contributed by atoms with van der Waals surface area (Å²) in [6.45, 7) is 0.00542. The Balaban J connectivity index is 3.00. The van der Waals surface area contributed by atoms with E-state index in [2.05, 4.69) is 4.74 Å². The molecule has 1 rings (SSSR count). The second-order valence-electron chi connectivity index (χ2n) is 2.91. The molecule has 0 aliphatic carbocycles. The zero-order chi connectivity index (χ0) is 12.0. The SMILES string of the molecule is COCOc1cc(C(=O)OC)ccc1C=O. The van der Waals surface area contributed by atoms with Crippen LogP contribution in [0.5, 0.6) is 5.75 Å². The van der Waals surface area contributed by atoms with Gasteiger partial charge in [0.15, 0.2) is 13.1 Å². The van der Waals surface area contributed by atoms with Crippen molar-refractivity contribution in [3.05, 3.63) is 29.3 Å². The van der Waals surface area contributed by atoms with E-state index in [1.165, 1.54) is 32.4 Å². The van der Waals surface area contributed by atoms with Crippen molar-refractivity contribution in [2.45, 2.75) is 0 Å². The minimum absolute atomic E-state index is 0.00542. The number of methoxy groups -OCH3 is 2. The van der Waals surface area contributed by atoms with Crippen molar-refractivity contribution in [3.63, 3.8) is 0 Å². The van der Waals surface area contributed by atoms with Gasteiger partial charge in [-0.15, -0.1) is 0 Å². The smallest absolute Gasteiger partial charge is 0.337 e. The Morgan fingerprint density at radius 3 is 2.69 bits per heavy atom. The molecule has 16 heavy (non-hydrogen) atoms. The Hall–Kier alpha value is -1.88. The molecule has 0 saturated carbocycles. The van der Waals surface area contributed by atoms with Gasteiger partial charge in [0.25, 0.3) is 0 Å². The van der Waals surface area contributed by atoms with Crippen LogP contribution in [-0.2, 0) is 9.47 Å². The maximum absolute atomic E-state index is 11.2. The van der Waals surface area contributed by atoms with E-state index in [1.807, 2.05) is 0 Å². The van der Waals surface area contributed by atoms with Crippen LogP contribution in [0.15, 0.2) is 18.2 Å². The highest BCUT2D eigenvalue weighted by atomic mass is 16.7. The third-order valence-corrected chi connectivity index (χ3v) is 1.89. The summed E-state index contributed by atoms with van der Waals surface area (Å²) in [5.41, 5.74) is 0.670. The molecule has 0 atom stereocenters. The van der Waals surface area contributed by atoms with Gasteiger partial charge in [0.05, 0.1) is 18.2 Å². The van der Waals surface area contributed by atoms with E-state index in [0.717, 1.165) is 0 Å². The summed E-state index contributed by atoms with van der Waals surface area (Å²) in [4.78, 5) is 21.9. The average molecular weight is 224 g/mol. The van der Waals surface area contributed by atoms with Crippen LogP contribution in [0.25, 0.3) is 0 Å². The molecule has 1 aromatic carbocycles. The van der Waals surface area contributed by atoms with Crippen molar-refractivity contribution < 1.29 is 23.8 Å². The molecule has 0 aliphatic heterocycles. The third-order valence-electron chi connectivity index (χ3n) is 1.89. The second-order valence-corrected chi connectivity index (χ2v) is 2.91. The van der Waals surface area contributed by atoms with E-state index in [-0.39, 0.29) is 6.79 Å². The molecule has 0 spiro atoms. The van der Waals surface area contributed by atoms with Gasteiger partial charge in [0, 0.05) is 7.11 Å². The van der Waals surface area contributed by atoms with Crippen molar-refractivity contribution in [2.24, 2.45) is 0 Å². The van der Waals surface area contributed by atoms with Crippen molar-refractivity contribution >= 4 is 12.3 Å². The number of esters is 1. The van der Waals surface area contributed by atoms with Crippen LogP contribution in [0.4, 0.5) is 0 Å². The van der Waals surface area contributed by atoms with E-state index in [1.54, 1.807) is 0 Å². The fourth-order valence-corrected chi connectivity index (χ4v) is 1.12. The summed E-state index contributed by atoms with van der Waals surface area (Å²) in [6, 6.07) is 4.42. The summed E-state index contributed by atoms with van der Waals surface area (Å²) in [5, 5.41) is 0. The molecule has 0 N–H and O–H groups in total. The van der Waals surface area contributed by atoms with Gasteiger partial charge >= 0.3 is 5.97 Å². The Kier molecular flexibility index (Phi) is 4.47. The first kappa shape index (κ1) is 12.2. The van der Waals surface area contributed by atoms with Gasteiger partial charge < -0.3 is 14.2 Å². The Morgan fingerprint density at radius 2 is 2.12 bits per heavy atom. The lowest BCUT2D eigenvalue weighted by Crippen LogP contribution is -2.05. The zero-order valence-corrected chi connectivity index (χ0v) is 9.06. The molecule has 5 heteroatoms. The largest absolute Gasteiger partial charge is 0.467 e. The van der Waals surface area contributed by atoms with E-state index in [4.69, 9.17) is 9.47 Å². The number of rotatable bonds is 5. The molecule has 0 unspecified atom stereocenters. The second kappa shape index (κ2) is 5.87. The van der Waals surface area contributed by atoms with Gasteiger partial charge in [-0.25, -0.2) is 4.79 Å². The predicted molar refractivity (Wildman–Crippen MR) is 55.7 cm³/mol. The topological polar surface area (TPSA) is 61.8 Å². The van der Waals surface area contributed by atoms with Crippen LogP contribution in [0, 0.1) is 0 Å². The van der Waals surface area contributed by atoms with E-state index in [9.17, 15) is 9.59 Å². The summed E-state index contributed by atoms with van der Waals surface area (Å²) >= 11 is 0. The fraction of sp³-hybridized carbons (Fsp3) is 0.273. The lowest BCUT2D eigenvalue weighted by molar-refractivity contribution is 0.0498. The maximum Gasteiger partial charge on any atom is 0.337 e. The van der Waals surface area contributed by atoms with Crippen molar-refractivity contribution in [3.8, 4) is 5.75 Å². The lowest BCUT2D eigenvalue weighted by atomic mass is 10.1. The Bertz CT molecular complexity index is 386. The zero-order valence-electron chi connectivity index (χ0n) is 9.06. The standard InChI is InChI=1S/C11H12O5/c1-14-7-16-10-5-8(11(13)15-2)3-4-9(10)6-12/h3-6H,7H2,1-2H3. The maximum atomic E-state index is 11.2. The van der Waals surface area contributed by atoms with Crippen LogP contribution < -0.4 is 4.74 Å². The molecule has 0 saturated heterocycles. The number of hydrogen-bond acceptors (Lipinski definition) is 5. The summed E-state index contributed by atoms with van der Waals surface area (Å²) in [6.07, 6.45) is 0.645. The van der Waals surface area contributed by atoms with Crippen LogP contribution in [0.2, 0.25) is 0 Å². The first-order valence-electron chi connectivity index (χ1n) is 4.52. The molecular formula is C11H12O5. The van der Waals surface area contributed by atoms with Gasteiger partial charge in [0.2, 0.25) is 0 Å². The molecule has 0 aliphatic rings. The van der Waals surface area contributed by atoms with Crippen LogP contribution in [-0.4, -0.2) is 33.3 Å². The van der Waals surface area contributed by atoms with Crippen molar-refractivity contribution in [1.29, 1.82) is 0 Å². The molecule has 0 heterocycles. The van der Waals surface area contributed by atoms with E-state index >= 15 is 0 Å². The first-order chi connectivity index (χ1) is 7.72. The Labute approximate surface area is 92.9 Å². The molecule has 5 nitrogen and oxygen atoms in total. The van der Waals surface area contributed by atoms with Crippen molar-refractivity contribution in [1.82, 2.24) is 0 Å². The number of aldehydes is 1. The molecular weight excluding hydrogens is 212 g/mol. The molecule has 0 aromatic heterocycles. The van der Waals surface area contributed by atoms with Crippen LogP contribution >= 0.6 is 0 Å². The third kappa shape index (κ3) is 2.80. The van der Waals surface area contributed by atoms with Gasteiger partial charge in [-0.1, -0.05) is 0 Å². The number of hydrogen-bond donors (Lipinski definition) is 0. The van der Waals surface area contributed by atoms with E-state index in [0.29, 0.717) is 23.2 Å². The lowest BCUT2D eigenvalue weighted by Gasteiger charge is -2.08. The highest BCUT2D eigenvalue weighted by molar-refractivity contribution is 5.91. The van der Waals surface area contributed by atoms with Crippen LogP contribution in [0.1, 0.15) is 20.7 Å². The first-order valence-corrected chi connectivity index (χ1v) is 4.52. The summed E-state index contributed by atoms with van der Waals surface area (Å²) in [5.74, 6) is -0.195. The predicted octanol–water partition coefficient (Wildman–Crippen LogP) is 1.27. The van der Waals surface area contributed by atoms with Crippen LogP contribution in [0.3, 0.4) is 0 Å². The molecule has 0 bridgehead atoms. The normalized spacial score (nSPS) is 9.62. The number of carbonyl (C=O) groups excluding carboxylic acids is 2. The monoisotopic (exact) mass is 224 g/mol. The number of benzene rings is 1. The number of ether oxygens (including phenoxy) is 3. The molecule has 1 aromatic rings. The quantitative estimate of drug-likeness (QED) is 0.428. The van der Waals surface area contributed by atoms with Gasteiger partial charge in [-0.3, -0.25) is 4.79 Å². The molecule has 0 fully saturated rings. The highest BCUT2D eigenvalue weighted by Gasteiger charge is 2.10. The minimum Gasteiger partial charge on any atom is -0.467 e. The summed E-state index contributed by atoms with van der Waals surface area (Å²) < 4.78 is 14.4. The van der Waals surface area contributed by atoms with E-state index < -0.39 is 5.97 Å². The minimum atomic E-state index is -0.486. The van der Waals surface area contributed by atoms with Gasteiger partial charge in [0.1, 0.15) is 5.75 Å². The molecule has 0 radical (unpaired) electrons. The molecule has 0 amide bonds. The highest BCUT2D eigenvalue weighted by Crippen LogP contribution is 2.19. The Morgan fingerprint density at radius 1 is 1.38 bits per heavy atom. The van der Waals surface area contributed by atoms with Gasteiger partial charge in [-0.05, 0) is 18.2 Å². The number of carbonyl (C=O) groups is 2. The fourth-order valence-electron chi connectivity index (χ4n) is 1.12.